The maximum Gasteiger partial charge on any atom is 0.180 e. The monoisotopic (exact) mass is 288 g/mol. The first-order chi connectivity index (χ1) is 9.61. The molecule has 3 nitrogen and oxygen atoms in total. The highest BCUT2D eigenvalue weighted by atomic mass is 32.1. The van der Waals surface area contributed by atoms with Crippen molar-refractivity contribution < 1.29 is 4.79 Å². The second-order valence-corrected chi connectivity index (χ2v) is 5.95. The van der Waals surface area contributed by atoms with Gasteiger partial charge in [-0.3, -0.25) is 9.78 Å². The predicted octanol–water partition coefficient (Wildman–Crippen LogP) is 3.80. The van der Waals surface area contributed by atoms with Crippen molar-refractivity contribution in [2.24, 2.45) is 0 Å². The van der Waals surface area contributed by atoms with E-state index < -0.39 is 0 Å². The number of likely N-dealkylation sites (N-methyl/N-ethyl adjacent to an activating group) is 1. The van der Waals surface area contributed by atoms with Gasteiger partial charge in [0.15, 0.2) is 5.78 Å². The van der Waals surface area contributed by atoms with Crippen LogP contribution in [-0.4, -0.2) is 23.9 Å². The summed E-state index contributed by atoms with van der Waals surface area (Å²) in [6, 6.07) is 8.43. The Morgan fingerprint density at radius 1 is 1.40 bits per heavy atom. The number of hydrogen-bond donors (Lipinski definition) is 0. The fourth-order valence-electron chi connectivity index (χ4n) is 2.05. The van der Waals surface area contributed by atoms with Crippen molar-refractivity contribution in [3.05, 3.63) is 46.4 Å². The third-order valence-corrected chi connectivity index (χ3v) is 4.40. The summed E-state index contributed by atoms with van der Waals surface area (Å²) in [5.41, 5.74) is 1.59. The number of pyridine rings is 1. The van der Waals surface area contributed by atoms with Crippen molar-refractivity contribution in [2.45, 2.75) is 32.7 Å². The molecular weight excluding hydrogens is 268 g/mol. The largest absolute Gasteiger partial charge is 0.370 e. The molecule has 0 saturated heterocycles. The van der Waals surface area contributed by atoms with E-state index in [1.807, 2.05) is 19.1 Å². The zero-order chi connectivity index (χ0) is 14.5. The molecule has 2 heterocycles. The maximum absolute atomic E-state index is 11.6. The van der Waals surface area contributed by atoms with E-state index in [9.17, 15) is 4.79 Å². The molecule has 1 atom stereocenters. The summed E-state index contributed by atoms with van der Waals surface area (Å²) in [7, 11) is 2.07. The Morgan fingerprint density at radius 2 is 2.20 bits per heavy atom. The Hall–Kier alpha value is -1.68. The number of aromatic nitrogens is 1. The van der Waals surface area contributed by atoms with Crippen LogP contribution in [0.5, 0.6) is 0 Å². The summed E-state index contributed by atoms with van der Waals surface area (Å²) in [6.07, 6.45) is 3.30. The smallest absolute Gasteiger partial charge is 0.180 e. The third kappa shape index (κ3) is 3.45. The van der Waals surface area contributed by atoms with Crippen LogP contribution in [0.15, 0.2) is 35.8 Å². The molecule has 0 N–H and O–H groups in total. The number of Topliss-reactive ketones (excluding diaryl/α,β-unsaturated/α-hetero) is 1. The number of thiophene rings is 1. The molecule has 2 rings (SSSR count). The molecule has 0 bridgehead atoms. The number of carbonyl (C=O) groups excluding carboxylic acids is 1. The van der Waals surface area contributed by atoms with Crippen molar-refractivity contribution in [1.29, 1.82) is 0 Å². The second-order valence-electron chi connectivity index (χ2n) is 4.92. The lowest BCUT2D eigenvalue weighted by molar-refractivity contribution is 0.0983. The van der Waals surface area contributed by atoms with E-state index in [2.05, 4.69) is 41.4 Å². The van der Waals surface area contributed by atoms with E-state index in [1.165, 1.54) is 4.88 Å². The van der Waals surface area contributed by atoms with Crippen molar-refractivity contribution >= 4 is 22.8 Å². The van der Waals surface area contributed by atoms with Crippen LogP contribution in [0.4, 0.5) is 5.69 Å². The Kier molecular flexibility index (Phi) is 4.90. The van der Waals surface area contributed by atoms with Gasteiger partial charge in [0.2, 0.25) is 0 Å². The van der Waals surface area contributed by atoms with E-state index >= 15 is 0 Å². The van der Waals surface area contributed by atoms with E-state index in [1.54, 1.807) is 17.5 Å². The van der Waals surface area contributed by atoms with E-state index in [-0.39, 0.29) is 5.78 Å². The molecule has 2 aromatic heterocycles. The highest BCUT2D eigenvalue weighted by molar-refractivity contribution is 7.09. The molecule has 0 aliphatic rings. The number of nitrogens with zero attached hydrogens (tertiary/aromatic N) is 2. The first kappa shape index (κ1) is 14.7. The minimum absolute atomic E-state index is 0.0887. The number of ketones is 1. The molecule has 0 aromatic carbocycles. The van der Waals surface area contributed by atoms with E-state index in [4.69, 9.17) is 0 Å². The van der Waals surface area contributed by atoms with Gasteiger partial charge in [-0.05, 0) is 30.5 Å². The molecule has 106 valence electrons. The number of hydrogen-bond acceptors (Lipinski definition) is 4. The summed E-state index contributed by atoms with van der Waals surface area (Å²) in [6.45, 7) is 4.05. The minimum Gasteiger partial charge on any atom is -0.370 e. The van der Waals surface area contributed by atoms with Crippen LogP contribution in [-0.2, 0) is 6.42 Å². The van der Waals surface area contributed by atoms with Gasteiger partial charge in [0.25, 0.3) is 0 Å². The van der Waals surface area contributed by atoms with Crippen molar-refractivity contribution in [3.63, 3.8) is 0 Å². The zero-order valence-corrected chi connectivity index (χ0v) is 13.0. The SMILES string of the molecule is CCC(=O)c1ccc(N(C)C(C)Cc2cccs2)cn1. The van der Waals surface area contributed by atoms with Crippen LogP contribution in [0.2, 0.25) is 0 Å². The molecule has 0 fully saturated rings. The summed E-state index contributed by atoms with van der Waals surface area (Å²) < 4.78 is 0. The average Bonchev–Trinajstić information content (AvgIpc) is 2.98. The maximum atomic E-state index is 11.6. The van der Waals surface area contributed by atoms with Crippen LogP contribution < -0.4 is 4.90 Å². The first-order valence-corrected chi connectivity index (χ1v) is 7.74. The Morgan fingerprint density at radius 3 is 2.75 bits per heavy atom. The second kappa shape index (κ2) is 6.66. The van der Waals surface area contributed by atoms with Crippen LogP contribution >= 0.6 is 11.3 Å². The van der Waals surface area contributed by atoms with Crippen molar-refractivity contribution in [3.8, 4) is 0 Å². The molecule has 0 spiro atoms. The quantitative estimate of drug-likeness (QED) is 0.758. The standard InChI is InChI=1S/C16H20N2OS/c1-4-16(19)15-8-7-13(11-17-15)18(3)12(2)10-14-6-5-9-20-14/h5-9,11-12H,4,10H2,1-3H3. The van der Waals surface area contributed by atoms with Gasteiger partial charge in [-0.1, -0.05) is 13.0 Å². The van der Waals surface area contributed by atoms with Crippen LogP contribution in [0, 0.1) is 0 Å². The molecular formula is C16H20N2OS. The number of rotatable bonds is 6. The van der Waals surface area contributed by atoms with E-state index in [0.717, 1.165) is 12.1 Å². The zero-order valence-electron chi connectivity index (χ0n) is 12.2. The van der Waals surface area contributed by atoms with Crippen molar-refractivity contribution in [2.75, 3.05) is 11.9 Å². The van der Waals surface area contributed by atoms with Crippen LogP contribution in [0.3, 0.4) is 0 Å². The Balaban J connectivity index is 2.04. The summed E-state index contributed by atoms with van der Waals surface area (Å²) in [5.74, 6) is 0.0887. The third-order valence-electron chi connectivity index (χ3n) is 3.50. The Bertz CT molecular complexity index is 548. The molecule has 4 heteroatoms. The van der Waals surface area contributed by atoms with Gasteiger partial charge >= 0.3 is 0 Å². The lowest BCUT2D eigenvalue weighted by atomic mass is 10.1. The van der Waals surface area contributed by atoms with E-state index in [0.29, 0.717) is 18.2 Å². The van der Waals surface area contributed by atoms with Gasteiger partial charge in [-0.2, -0.15) is 0 Å². The molecule has 20 heavy (non-hydrogen) atoms. The highest BCUT2D eigenvalue weighted by Crippen LogP contribution is 2.19. The van der Waals surface area contributed by atoms with Gasteiger partial charge in [0.05, 0.1) is 11.9 Å². The van der Waals surface area contributed by atoms with Gasteiger partial charge in [-0.25, -0.2) is 0 Å². The lowest BCUT2D eigenvalue weighted by Gasteiger charge is -2.26. The summed E-state index contributed by atoms with van der Waals surface area (Å²) in [5, 5.41) is 2.11. The summed E-state index contributed by atoms with van der Waals surface area (Å²) in [4.78, 5) is 19.4. The molecule has 0 amide bonds. The lowest BCUT2D eigenvalue weighted by Crippen LogP contribution is -2.30. The number of anilines is 1. The minimum atomic E-state index is 0.0887. The normalized spacial score (nSPS) is 12.2. The van der Waals surface area contributed by atoms with Gasteiger partial charge in [-0.15, -0.1) is 11.3 Å². The van der Waals surface area contributed by atoms with Crippen LogP contribution in [0.25, 0.3) is 0 Å². The molecule has 0 aliphatic carbocycles. The summed E-state index contributed by atoms with van der Waals surface area (Å²) >= 11 is 1.79. The molecule has 0 saturated carbocycles. The Labute approximate surface area is 124 Å². The van der Waals surface area contributed by atoms with Gasteiger partial charge in [0, 0.05) is 30.8 Å². The molecule has 0 aliphatic heterocycles. The predicted molar refractivity (Wildman–Crippen MR) is 84.7 cm³/mol. The topological polar surface area (TPSA) is 33.2 Å². The molecule has 2 aromatic rings. The number of carbonyl (C=O) groups is 1. The average molecular weight is 288 g/mol. The molecule has 0 radical (unpaired) electrons. The first-order valence-electron chi connectivity index (χ1n) is 6.86. The van der Waals surface area contributed by atoms with Gasteiger partial charge < -0.3 is 4.90 Å². The highest BCUT2D eigenvalue weighted by Gasteiger charge is 2.12. The van der Waals surface area contributed by atoms with Gasteiger partial charge in [0.1, 0.15) is 5.69 Å². The van der Waals surface area contributed by atoms with Crippen LogP contribution in [0.1, 0.15) is 35.6 Å². The fraction of sp³-hybridized carbons (Fsp3) is 0.375. The molecule has 1 unspecified atom stereocenters. The fourth-order valence-corrected chi connectivity index (χ4v) is 2.88. The van der Waals surface area contributed by atoms with Crippen molar-refractivity contribution in [1.82, 2.24) is 4.98 Å².